The number of ether oxygens (including phenoxy) is 1. The normalized spacial score (nSPS) is 17.4. The third kappa shape index (κ3) is 3.18. The number of sulfonamides is 1. The van der Waals surface area contributed by atoms with E-state index in [2.05, 4.69) is 0 Å². The number of nitriles is 1. The molecule has 7 heteroatoms. The van der Waals surface area contributed by atoms with Gasteiger partial charge in [-0.1, -0.05) is 0 Å². The van der Waals surface area contributed by atoms with Crippen molar-refractivity contribution in [1.82, 2.24) is 4.31 Å². The van der Waals surface area contributed by atoms with Crippen LogP contribution in [0.4, 0.5) is 0 Å². The van der Waals surface area contributed by atoms with E-state index >= 15 is 0 Å². The third-order valence-corrected chi connectivity index (χ3v) is 5.76. The summed E-state index contributed by atoms with van der Waals surface area (Å²) in [6, 6.07) is 6.34. The smallest absolute Gasteiger partial charge is 0.246 e. The maximum atomic E-state index is 12.7. The van der Waals surface area contributed by atoms with E-state index in [0.29, 0.717) is 31.1 Å². The standard InChI is InChI=1S/C14H19N3O3S/c1-20-13-8-12(10-16)2-3-14(13)21(18,19)17-6-4-11(9-15)5-7-17/h2-3,8,11H,4-7,9,15H2,1H3. The lowest BCUT2D eigenvalue weighted by molar-refractivity contribution is 0.277. The minimum absolute atomic E-state index is 0.107. The molecule has 1 fully saturated rings. The predicted molar refractivity (Wildman–Crippen MR) is 78.2 cm³/mol. The Labute approximate surface area is 125 Å². The Balaban J connectivity index is 2.30. The SMILES string of the molecule is COc1cc(C#N)ccc1S(=O)(=O)N1CCC(CN)CC1. The Morgan fingerprint density at radius 1 is 1.43 bits per heavy atom. The van der Waals surface area contributed by atoms with Crippen molar-refractivity contribution < 1.29 is 13.2 Å². The van der Waals surface area contributed by atoms with Gasteiger partial charge in [-0.15, -0.1) is 0 Å². The molecule has 2 N–H and O–H groups in total. The maximum Gasteiger partial charge on any atom is 0.246 e. The first-order valence-electron chi connectivity index (χ1n) is 6.81. The molecule has 0 unspecified atom stereocenters. The molecule has 0 aliphatic carbocycles. The van der Waals surface area contributed by atoms with Crippen molar-refractivity contribution in [3.63, 3.8) is 0 Å². The summed E-state index contributed by atoms with van der Waals surface area (Å²) in [4.78, 5) is 0.107. The zero-order chi connectivity index (χ0) is 15.5. The van der Waals surface area contributed by atoms with E-state index in [1.165, 1.54) is 29.6 Å². The van der Waals surface area contributed by atoms with Gasteiger partial charge in [0.2, 0.25) is 10.0 Å². The first-order valence-corrected chi connectivity index (χ1v) is 8.25. The fraction of sp³-hybridized carbons (Fsp3) is 0.500. The van der Waals surface area contributed by atoms with Gasteiger partial charge in [0, 0.05) is 13.1 Å². The van der Waals surface area contributed by atoms with E-state index in [-0.39, 0.29) is 10.6 Å². The zero-order valence-electron chi connectivity index (χ0n) is 11.9. The van der Waals surface area contributed by atoms with E-state index in [1.807, 2.05) is 6.07 Å². The molecule has 1 saturated heterocycles. The molecule has 0 radical (unpaired) electrons. The van der Waals surface area contributed by atoms with Gasteiger partial charge in [0.15, 0.2) is 0 Å². The maximum absolute atomic E-state index is 12.7. The highest BCUT2D eigenvalue weighted by atomic mass is 32.2. The first-order chi connectivity index (χ1) is 10.0. The van der Waals surface area contributed by atoms with Crippen LogP contribution in [0.15, 0.2) is 23.1 Å². The highest BCUT2D eigenvalue weighted by molar-refractivity contribution is 7.89. The van der Waals surface area contributed by atoms with Crippen LogP contribution in [0.5, 0.6) is 5.75 Å². The molecule has 1 heterocycles. The summed E-state index contributed by atoms with van der Waals surface area (Å²) < 4.78 is 32.0. The highest BCUT2D eigenvalue weighted by Gasteiger charge is 2.31. The topological polar surface area (TPSA) is 96.4 Å². The van der Waals surface area contributed by atoms with Crippen LogP contribution in [0.3, 0.4) is 0 Å². The summed E-state index contributed by atoms with van der Waals surface area (Å²) in [7, 11) is -2.20. The second kappa shape index (κ2) is 6.43. The summed E-state index contributed by atoms with van der Waals surface area (Å²) in [5, 5.41) is 8.88. The Kier molecular flexibility index (Phi) is 4.83. The number of nitrogens with two attached hydrogens (primary N) is 1. The van der Waals surface area contributed by atoms with E-state index in [4.69, 9.17) is 15.7 Å². The molecule has 1 aromatic carbocycles. The second-order valence-corrected chi connectivity index (χ2v) is 6.97. The van der Waals surface area contributed by atoms with Crippen LogP contribution < -0.4 is 10.5 Å². The lowest BCUT2D eigenvalue weighted by Crippen LogP contribution is -2.40. The quantitative estimate of drug-likeness (QED) is 0.892. The number of rotatable bonds is 4. The Morgan fingerprint density at radius 3 is 2.62 bits per heavy atom. The Morgan fingerprint density at radius 2 is 2.10 bits per heavy atom. The average molecular weight is 309 g/mol. The molecular formula is C14H19N3O3S. The molecular weight excluding hydrogens is 290 g/mol. The molecule has 2 rings (SSSR count). The number of benzene rings is 1. The molecule has 1 aromatic rings. The molecule has 21 heavy (non-hydrogen) atoms. The minimum Gasteiger partial charge on any atom is -0.495 e. The zero-order valence-corrected chi connectivity index (χ0v) is 12.8. The average Bonchev–Trinajstić information content (AvgIpc) is 2.54. The van der Waals surface area contributed by atoms with Crippen molar-refractivity contribution in [2.45, 2.75) is 17.7 Å². The molecule has 0 spiro atoms. The third-order valence-electron chi connectivity index (χ3n) is 3.82. The largest absolute Gasteiger partial charge is 0.495 e. The van der Waals surface area contributed by atoms with Gasteiger partial charge in [0.1, 0.15) is 10.6 Å². The minimum atomic E-state index is -3.60. The van der Waals surface area contributed by atoms with Gasteiger partial charge in [0.25, 0.3) is 0 Å². The Hall–Kier alpha value is -1.62. The van der Waals surface area contributed by atoms with Gasteiger partial charge in [-0.2, -0.15) is 9.57 Å². The number of methoxy groups -OCH3 is 1. The molecule has 114 valence electrons. The van der Waals surface area contributed by atoms with Gasteiger partial charge in [0.05, 0.1) is 18.7 Å². The van der Waals surface area contributed by atoms with Crippen molar-refractivity contribution in [3.05, 3.63) is 23.8 Å². The molecule has 1 aliphatic heterocycles. The summed E-state index contributed by atoms with van der Waals surface area (Å²) in [6.45, 7) is 1.52. The van der Waals surface area contributed by atoms with Crippen LogP contribution in [0.25, 0.3) is 0 Å². The van der Waals surface area contributed by atoms with Crippen molar-refractivity contribution >= 4 is 10.0 Å². The second-order valence-electron chi connectivity index (χ2n) is 5.06. The van der Waals surface area contributed by atoms with Crippen LogP contribution in [0.1, 0.15) is 18.4 Å². The van der Waals surface area contributed by atoms with Gasteiger partial charge in [-0.25, -0.2) is 8.42 Å². The molecule has 0 atom stereocenters. The van der Waals surface area contributed by atoms with Crippen molar-refractivity contribution in [2.24, 2.45) is 11.7 Å². The van der Waals surface area contributed by atoms with Crippen molar-refractivity contribution in [3.8, 4) is 11.8 Å². The molecule has 0 amide bonds. The van der Waals surface area contributed by atoms with Crippen LogP contribution in [-0.2, 0) is 10.0 Å². The summed E-state index contributed by atoms with van der Waals surface area (Å²) in [6.07, 6.45) is 1.54. The fourth-order valence-corrected chi connectivity index (χ4v) is 4.08. The molecule has 0 saturated carbocycles. The molecule has 1 aliphatic rings. The Bertz CT molecular complexity index is 644. The molecule has 0 aromatic heterocycles. The molecule has 6 nitrogen and oxygen atoms in total. The van der Waals surface area contributed by atoms with Crippen LogP contribution >= 0.6 is 0 Å². The van der Waals surface area contributed by atoms with Gasteiger partial charge in [-0.3, -0.25) is 0 Å². The monoisotopic (exact) mass is 309 g/mol. The fourth-order valence-electron chi connectivity index (χ4n) is 2.47. The van der Waals surface area contributed by atoms with E-state index in [9.17, 15) is 8.42 Å². The van der Waals surface area contributed by atoms with Crippen LogP contribution in [0.2, 0.25) is 0 Å². The number of nitrogens with zero attached hydrogens (tertiary/aromatic N) is 2. The van der Waals surface area contributed by atoms with E-state index in [0.717, 1.165) is 12.8 Å². The molecule has 0 bridgehead atoms. The number of hydrogen-bond donors (Lipinski definition) is 1. The predicted octanol–water partition coefficient (Wildman–Crippen LogP) is 0.926. The first kappa shape index (κ1) is 15.8. The van der Waals surface area contributed by atoms with Gasteiger partial charge in [-0.05, 0) is 43.5 Å². The highest BCUT2D eigenvalue weighted by Crippen LogP contribution is 2.30. The van der Waals surface area contributed by atoms with E-state index in [1.54, 1.807) is 0 Å². The summed E-state index contributed by atoms with van der Waals surface area (Å²) in [5.41, 5.74) is 6.00. The van der Waals surface area contributed by atoms with Crippen LogP contribution in [-0.4, -0.2) is 39.5 Å². The number of piperidine rings is 1. The lowest BCUT2D eigenvalue weighted by atomic mass is 9.99. The van der Waals surface area contributed by atoms with Gasteiger partial charge >= 0.3 is 0 Å². The van der Waals surface area contributed by atoms with E-state index < -0.39 is 10.0 Å². The lowest BCUT2D eigenvalue weighted by Gasteiger charge is -2.30. The summed E-state index contributed by atoms with van der Waals surface area (Å²) >= 11 is 0. The summed E-state index contributed by atoms with van der Waals surface area (Å²) in [5.74, 6) is 0.592. The van der Waals surface area contributed by atoms with Crippen LogP contribution in [0, 0.1) is 17.2 Å². The van der Waals surface area contributed by atoms with Crippen molar-refractivity contribution in [1.29, 1.82) is 5.26 Å². The van der Waals surface area contributed by atoms with Crippen molar-refractivity contribution in [2.75, 3.05) is 26.7 Å². The van der Waals surface area contributed by atoms with Gasteiger partial charge < -0.3 is 10.5 Å². The number of hydrogen-bond acceptors (Lipinski definition) is 5.